The van der Waals surface area contributed by atoms with E-state index < -0.39 is 42.8 Å². The second kappa shape index (κ2) is 26.9. The van der Waals surface area contributed by atoms with Crippen LogP contribution in [0.15, 0.2) is 83.5 Å². The number of ether oxygens (including phenoxy) is 2. The van der Waals surface area contributed by atoms with Crippen LogP contribution < -0.4 is 49.0 Å². The summed E-state index contributed by atoms with van der Waals surface area (Å²) in [6.45, 7) is 8.40. The lowest BCUT2D eigenvalue weighted by Crippen LogP contribution is -2.52. The number of benzene rings is 1. The van der Waals surface area contributed by atoms with Gasteiger partial charge >= 0.3 is 0 Å². The summed E-state index contributed by atoms with van der Waals surface area (Å²) in [5.74, 6) is 2.55. The van der Waals surface area contributed by atoms with Crippen LogP contribution in [0.2, 0.25) is 0 Å². The van der Waals surface area contributed by atoms with E-state index in [9.17, 15) is 38.4 Å². The number of hydrogen-bond acceptors (Lipinski definition) is 14. The lowest BCUT2D eigenvalue weighted by Gasteiger charge is -2.19. The Labute approximate surface area is 389 Å². The molecule has 3 heterocycles. The van der Waals surface area contributed by atoms with E-state index in [0.717, 1.165) is 39.4 Å². The van der Waals surface area contributed by atoms with Crippen molar-refractivity contribution in [3.8, 4) is 0 Å². The molecule has 21 heteroatoms. The number of carbonyl (C=O) groups is 7. The van der Waals surface area contributed by atoms with Gasteiger partial charge in [0.2, 0.25) is 29.5 Å². The number of imide groups is 1. The molecule has 7 amide bonds. The maximum Gasteiger partial charge on any atom is 0.257 e. The predicted octanol–water partition coefficient (Wildman–Crippen LogP) is -0.754. The van der Waals surface area contributed by atoms with Crippen LogP contribution in [0, 0.1) is 0 Å². The molecule has 10 N–H and O–H groups in total. The first-order chi connectivity index (χ1) is 32.1. The van der Waals surface area contributed by atoms with E-state index in [0.29, 0.717) is 31.4 Å². The van der Waals surface area contributed by atoms with Gasteiger partial charge in [0.1, 0.15) is 12.8 Å². The molecular formula is C46H63N11O10. The Morgan fingerprint density at radius 3 is 2.28 bits per heavy atom. The van der Waals surface area contributed by atoms with Gasteiger partial charge in [0.25, 0.3) is 17.4 Å². The van der Waals surface area contributed by atoms with Gasteiger partial charge in [-0.2, -0.15) is 0 Å². The Morgan fingerprint density at radius 2 is 1.58 bits per heavy atom. The molecule has 2 aliphatic heterocycles. The fourth-order valence-electron chi connectivity index (χ4n) is 7.19. The molecule has 4 rings (SSSR count). The monoisotopic (exact) mass is 929 g/mol. The molecule has 21 nitrogen and oxygen atoms in total. The number of pyridine rings is 1. The van der Waals surface area contributed by atoms with Crippen molar-refractivity contribution in [2.45, 2.75) is 71.2 Å². The average Bonchev–Trinajstić information content (AvgIpc) is 3.80. The Morgan fingerprint density at radius 1 is 0.910 bits per heavy atom. The molecule has 0 aliphatic carbocycles. The second-order valence-electron chi connectivity index (χ2n) is 15.8. The summed E-state index contributed by atoms with van der Waals surface area (Å²) >= 11 is 0. The van der Waals surface area contributed by atoms with Gasteiger partial charge in [-0.25, -0.2) is 5.84 Å². The van der Waals surface area contributed by atoms with Crippen molar-refractivity contribution in [2.24, 2.45) is 11.6 Å². The highest BCUT2D eigenvalue weighted by molar-refractivity contribution is 6.12. The fourth-order valence-corrected chi connectivity index (χ4v) is 7.19. The van der Waals surface area contributed by atoms with Crippen LogP contribution in [-0.4, -0.2) is 122 Å². The normalized spacial score (nSPS) is 14.7. The molecule has 1 aromatic heterocycles. The summed E-state index contributed by atoms with van der Waals surface area (Å²) in [5.41, 5.74) is 10.7. The number of hydrogen-bond donors (Lipinski definition) is 8. The van der Waals surface area contributed by atoms with Gasteiger partial charge < -0.3 is 56.7 Å². The molecule has 2 atom stereocenters. The van der Waals surface area contributed by atoms with Crippen molar-refractivity contribution < 1.29 is 43.0 Å². The molecule has 0 spiro atoms. The van der Waals surface area contributed by atoms with Gasteiger partial charge in [0.05, 0.1) is 57.3 Å². The summed E-state index contributed by atoms with van der Waals surface area (Å²) < 4.78 is 12.5. The highest BCUT2D eigenvalue weighted by atomic mass is 16.5. The summed E-state index contributed by atoms with van der Waals surface area (Å²) in [7, 11) is 1.56. The standard InChI is InChI=1S/C46H63N11O10/c1-5-49-31(3)35-21-38-30(2)33(25-57(38)46(65)36(35)28-66-4)17-19-55(48)26-34(47)27-67-29-53-41(60)23-52-45(64)37(20-32-12-8-6-9-13-32)54-42(61)24-51-40(59)22-50-39(58)14-10-7-11-18-56-43(62)15-16-44(56)63/h6,8-9,12-13,15-17,21,26,31,37,49H,2,5,7,10-11,14,18-20,22-25,27-29,47-48H2,1,3-4H3,(H,50,58)(H,51,59)(H,52,64)(H,53,60)(H,54,61)/b33-17+,34-26-. The number of aromatic nitrogens is 1. The second-order valence-corrected chi connectivity index (χ2v) is 15.8. The molecule has 1 aromatic carbocycles. The molecule has 67 heavy (non-hydrogen) atoms. The highest BCUT2D eigenvalue weighted by Crippen LogP contribution is 2.32. The van der Waals surface area contributed by atoms with Crippen LogP contribution in [0.5, 0.6) is 0 Å². The third-order valence-electron chi connectivity index (χ3n) is 10.7. The molecule has 0 saturated carbocycles. The summed E-state index contributed by atoms with van der Waals surface area (Å²) in [5, 5.41) is 17.2. The average molecular weight is 930 g/mol. The van der Waals surface area contributed by atoms with Crippen LogP contribution in [0.3, 0.4) is 0 Å². The van der Waals surface area contributed by atoms with Gasteiger partial charge in [-0.3, -0.25) is 43.3 Å². The van der Waals surface area contributed by atoms with Gasteiger partial charge in [0.15, 0.2) is 0 Å². The van der Waals surface area contributed by atoms with Crippen LogP contribution in [0.4, 0.5) is 0 Å². The largest absolute Gasteiger partial charge is 0.399 e. The number of rotatable bonds is 28. The first kappa shape index (κ1) is 52.7. The molecule has 2 aliphatic rings. The number of allylic oxidation sites excluding steroid dienone is 2. The third-order valence-corrected chi connectivity index (χ3v) is 10.7. The van der Waals surface area contributed by atoms with Crippen LogP contribution in [0.1, 0.15) is 68.0 Å². The van der Waals surface area contributed by atoms with E-state index in [4.69, 9.17) is 21.1 Å². The Balaban J connectivity index is 1.15. The number of nitrogens with two attached hydrogens (primary N) is 2. The quantitative estimate of drug-likeness (QED) is 0.0171. The summed E-state index contributed by atoms with van der Waals surface area (Å²) in [4.78, 5) is 101. The third kappa shape index (κ3) is 16.8. The summed E-state index contributed by atoms with van der Waals surface area (Å²) in [6, 6.07) is 9.71. The van der Waals surface area contributed by atoms with Crippen LogP contribution in [0.25, 0.3) is 5.57 Å². The Kier molecular flexibility index (Phi) is 21.1. The van der Waals surface area contributed by atoms with E-state index in [1.807, 2.05) is 26.0 Å². The van der Waals surface area contributed by atoms with E-state index >= 15 is 0 Å². The van der Waals surface area contributed by atoms with Gasteiger partial charge in [-0.1, -0.05) is 56.3 Å². The smallest absolute Gasteiger partial charge is 0.257 e. The van der Waals surface area contributed by atoms with Crippen molar-refractivity contribution in [1.29, 1.82) is 0 Å². The van der Waals surface area contributed by atoms with E-state index in [2.05, 4.69) is 38.5 Å². The lowest BCUT2D eigenvalue weighted by molar-refractivity contribution is -0.137. The maximum absolute atomic E-state index is 13.5. The van der Waals surface area contributed by atoms with E-state index in [-0.39, 0.29) is 87.4 Å². The Hall–Kier alpha value is -6.94. The zero-order chi connectivity index (χ0) is 48.9. The number of nitrogens with one attached hydrogen (secondary N) is 6. The topological polar surface area (TPSA) is 291 Å². The number of hydrazine groups is 1. The van der Waals surface area contributed by atoms with Gasteiger partial charge in [-0.05, 0) is 54.6 Å². The minimum Gasteiger partial charge on any atom is -0.399 e. The summed E-state index contributed by atoms with van der Waals surface area (Å²) in [6.07, 6.45) is 7.61. The Bertz CT molecular complexity index is 2260. The van der Waals surface area contributed by atoms with E-state index in [1.54, 1.807) is 42.0 Å². The first-order valence-electron chi connectivity index (χ1n) is 22.0. The number of nitrogens with zero attached hydrogens (tertiary/aromatic N) is 3. The number of fused-ring (bicyclic) bond motifs is 1. The number of amides is 7. The molecule has 362 valence electrons. The minimum absolute atomic E-state index is 0.0560. The fraction of sp³-hybridized carbons (Fsp3) is 0.435. The predicted molar refractivity (Wildman–Crippen MR) is 248 cm³/mol. The van der Waals surface area contributed by atoms with Crippen molar-refractivity contribution in [1.82, 2.24) is 46.4 Å². The molecule has 2 aromatic rings. The molecule has 0 radical (unpaired) electrons. The zero-order valence-corrected chi connectivity index (χ0v) is 38.3. The van der Waals surface area contributed by atoms with Gasteiger partial charge in [-0.15, -0.1) is 0 Å². The van der Waals surface area contributed by atoms with E-state index in [1.165, 1.54) is 23.4 Å². The molecule has 0 fully saturated rings. The number of carbonyl (C=O) groups excluding carboxylic acids is 7. The molecular weight excluding hydrogens is 867 g/mol. The number of methoxy groups -OCH3 is 1. The van der Waals surface area contributed by atoms with Crippen LogP contribution >= 0.6 is 0 Å². The minimum atomic E-state index is -1.10. The molecule has 2 unspecified atom stereocenters. The van der Waals surface area contributed by atoms with Gasteiger partial charge in [0, 0.05) is 56.5 Å². The van der Waals surface area contributed by atoms with Crippen LogP contribution in [-0.2, 0) is 62.6 Å². The molecule has 0 saturated heterocycles. The number of unbranched alkanes of at least 4 members (excludes halogenated alkanes) is 2. The van der Waals surface area contributed by atoms with Crippen molar-refractivity contribution in [3.63, 3.8) is 0 Å². The maximum atomic E-state index is 13.5. The van der Waals surface area contributed by atoms with Crippen molar-refractivity contribution in [2.75, 3.05) is 59.7 Å². The zero-order valence-electron chi connectivity index (χ0n) is 38.3. The lowest BCUT2D eigenvalue weighted by atomic mass is 10.00. The van der Waals surface area contributed by atoms with Crippen molar-refractivity contribution >= 4 is 46.9 Å². The highest BCUT2D eigenvalue weighted by Gasteiger charge is 2.27. The molecule has 0 bridgehead atoms. The SMILES string of the molecule is C=C1/C(=C/CN(N)/C=C(\N)COCNC(=O)CNC(=O)C(Cc2ccccc2)NC(=O)CNC(=O)CNC(=O)CCCCCN2C(=O)C=CC2=O)Cn2c1cc(C(C)NCC)c(COC)c2=O. The first-order valence-corrected chi connectivity index (χ1v) is 22.0. The van der Waals surface area contributed by atoms with Crippen molar-refractivity contribution in [3.05, 3.63) is 111 Å².